The lowest BCUT2D eigenvalue weighted by Crippen LogP contribution is -2.20. The number of ether oxygens (including phenoxy) is 1. The van der Waals surface area contributed by atoms with E-state index in [1.807, 2.05) is 6.07 Å². The van der Waals surface area contributed by atoms with E-state index in [1.54, 1.807) is 49.6 Å². The third-order valence-corrected chi connectivity index (χ3v) is 3.40. The van der Waals surface area contributed by atoms with Crippen LogP contribution in [0.2, 0.25) is 0 Å². The lowest BCUT2D eigenvalue weighted by atomic mass is 10.1. The van der Waals surface area contributed by atoms with E-state index >= 15 is 0 Å². The van der Waals surface area contributed by atoms with Crippen molar-refractivity contribution in [3.05, 3.63) is 64.1 Å². The second-order valence-electron chi connectivity index (χ2n) is 4.42. The van der Waals surface area contributed by atoms with Gasteiger partial charge in [-0.2, -0.15) is 5.10 Å². The summed E-state index contributed by atoms with van der Waals surface area (Å²) < 4.78 is 5.93. The molecule has 0 aliphatic carbocycles. The maximum Gasteiger partial charge on any atom is 0.271 e. The molecule has 0 saturated heterocycles. The summed E-state index contributed by atoms with van der Waals surface area (Å²) in [4.78, 5) is 12.1. The highest BCUT2D eigenvalue weighted by atomic mass is 79.9. The van der Waals surface area contributed by atoms with Crippen molar-refractivity contribution in [3.63, 3.8) is 0 Å². The summed E-state index contributed by atoms with van der Waals surface area (Å²) in [6, 6.07) is 13.9. The molecule has 1 amide bonds. The smallest absolute Gasteiger partial charge is 0.271 e. The number of nitrogens with zero attached hydrogens (tertiary/aromatic N) is 2. The standard InChI is InChI=1S/C16H14BrN3O3/c1-23-14-7-3-4-11(9-14)15(10-18-22)19-20-16(21)12-5-2-6-13(17)8-12/h2-10,22H,1H3,(H,20,21). The van der Waals surface area contributed by atoms with Crippen molar-refractivity contribution in [2.75, 3.05) is 7.11 Å². The van der Waals surface area contributed by atoms with Gasteiger partial charge in [0, 0.05) is 15.6 Å². The van der Waals surface area contributed by atoms with Crippen molar-refractivity contribution in [2.24, 2.45) is 10.3 Å². The molecule has 0 spiro atoms. The minimum absolute atomic E-state index is 0.287. The molecule has 0 aliphatic heterocycles. The van der Waals surface area contributed by atoms with Crippen molar-refractivity contribution in [1.29, 1.82) is 0 Å². The van der Waals surface area contributed by atoms with Gasteiger partial charge in [0.2, 0.25) is 0 Å². The molecule has 2 rings (SSSR count). The fraction of sp³-hybridized carbons (Fsp3) is 0.0625. The van der Waals surface area contributed by atoms with Crippen molar-refractivity contribution < 1.29 is 14.7 Å². The minimum Gasteiger partial charge on any atom is -0.497 e. The van der Waals surface area contributed by atoms with Crippen LogP contribution >= 0.6 is 15.9 Å². The maximum atomic E-state index is 12.1. The molecular weight excluding hydrogens is 362 g/mol. The molecule has 0 bridgehead atoms. The van der Waals surface area contributed by atoms with Gasteiger partial charge in [0.05, 0.1) is 13.3 Å². The largest absolute Gasteiger partial charge is 0.497 e. The Bertz CT molecular complexity index is 760. The molecule has 7 heteroatoms. The Morgan fingerprint density at radius 2 is 1.96 bits per heavy atom. The molecule has 0 unspecified atom stereocenters. The topological polar surface area (TPSA) is 83.3 Å². The van der Waals surface area contributed by atoms with Gasteiger partial charge < -0.3 is 9.94 Å². The second kappa shape index (κ2) is 8.09. The van der Waals surface area contributed by atoms with Crippen molar-refractivity contribution in [2.45, 2.75) is 0 Å². The summed E-state index contributed by atoms with van der Waals surface area (Å²) >= 11 is 3.30. The number of carbonyl (C=O) groups is 1. The molecule has 0 saturated carbocycles. The van der Waals surface area contributed by atoms with Crippen LogP contribution in [-0.4, -0.2) is 30.2 Å². The van der Waals surface area contributed by atoms with Crippen molar-refractivity contribution in [1.82, 2.24) is 5.43 Å². The van der Waals surface area contributed by atoms with Crippen molar-refractivity contribution in [3.8, 4) is 5.75 Å². The third-order valence-electron chi connectivity index (χ3n) is 2.91. The lowest BCUT2D eigenvalue weighted by Gasteiger charge is -2.05. The van der Waals surface area contributed by atoms with Gasteiger partial charge in [0.25, 0.3) is 5.91 Å². The van der Waals surface area contributed by atoms with Crippen LogP contribution in [0.3, 0.4) is 0 Å². The summed E-state index contributed by atoms with van der Waals surface area (Å²) in [7, 11) is 1.55. The number of amides is 1. The average Bonchev–Trinajstić information content (AvgIpc) is 2.58. The van der Waals surface area contributed by atoms with Gasteiger partial charge in [0.15, 0.2) is 0 Å². The van der Waals surface area contributed by atoms with E-state index in [-0.39, 0.29) is 11.6 Å². The van der Waals surface area contributed by atoms with Crippen LogP contribution in [0, 0.1) is 0 Å². The molecule has 6 nitrogen and oxygen atoms in total. The van der Waals surface area contributed by atoms with Crippen LogP contribution in [0.25, 0.3) is 0 Å². The van der Waals surface area contributed by atoms with Gasteiger partial charge in [-0.3, -0.25) is 4.79 Å². The molecule has 0 radical (unpaired) electrons. The maximum absolute atomic E-state index is 12.1. The van der Waals surface area contributed by atoms with Crippen LogP contribution in [0.4, 0.5) is 0 Å². The first-order chi connectivity index (χ1) is 11.1. The quantitative estimate of drug-likeness (QED) is 0.478. The predicted octanol–water partition coefficient (Wildman–Crippen LogP) is 3.05. The van der Waals surface area contributed by atoms with E-state index in [4.69, 9.17) is 9.94 Å². The Labute approximate surface area is 141 Å². The average molecular weight is 376 g/mol. The Balaban J connectivity index is 2.23. The first kappa shape index (κ1) is 16.7. The van der Waals surface area contributed by atoms with Gasteiger partial charge in [-0.1, -0.05) is 39.3 Å². The lowest BCUT2D eigenvalue weighted by molar-refractivity contribution is 0.0955. The predicted molar refractivity (Wildman–Crippen MR) is 91.4 cm³/mol. The van der Waals surface area contributed by atoms with Gasteiger partial charge in [-0.25, -0.2) is 5.43 Å². The number of oxime groups is 1. The summed E-state index contributed by atoms with van der Waals surface area (Å²) in [6.45, 7) is 0. The number of benzene rings is 2. The minimum atomic E-state index is -0.377. The van der Waals surface area contributed by atoms with E-state index in [0.29, 0.717) is 16.9 Å². The number of methoxy groups -OCH3 is 1. The zero-order chi connectivity index (χ0) is 16.7. The molecule has 0 aliphatic rings. The van der Waals surface area contributed by atoms with E-state index in [9.17, 15) is 4.79 Å². The van der Waals surface area contributed by atoms with Crippen LogP contribution in [0.5, 0.6) is 5.75 Å². The SMILES string of the molecule is COc1cccc(C(C=NO)=NNC(=O)c2cccc(Br)c2)c1. The van der Waals surface area contributed by atoms with Crippen LogP contribution < -0.4 is 10.2 Å². The Hall–Kier alpha value is -2.67. The first-order valence-corrected chi connectivity index (χ1v) is 7.39. The molecule has 0 fully saturated rings. The summed E-state index contributed by atoms with van der Waals surface area (Å²) in [5.74, 6) is 0.248. The first-order valence-electron chi connectivity index (χ1n) is 6.59. The van der Waals surface area contributed by atoms with E-state index in [2.05, 4.69) is 31.6 Å². The molecule has 2 aromatic rings. The highest BCUT2D eigenvalue weighted by Gasteiger charge is 2.07. The molecule has 0 heterocycles. The molecular formula is C16H14BrN3O3. The Morgan fingerprint density at radius 1 is 1.22 bits per heavy atom. The van der Waals surface area contributed by atoms with Gasteiger partial charge >= 0.3 is 0 Å². The molecule has 2 aromatic carbocycles. The van der Waals surface area contributed by atoms with Gasteiger partial charge in [-0.05, 0) is 30.3 Å². The number of hydrogen-bond acceptors (Lipinski definition) is 5. The monoisotopic (exact) mass is 375 g/mol. The third kappa shape index (κ3) is 4.65. The number of hydrogen-bond donors (Lipinski definition) is 2. The highest BCUT2D eigenvalue weighted by molar-refractivity contribution is 9.10. The van der Waals surface area contributed by atoms with E-state index < -0.39 is 0 Å². The number of rotatable bonds is 5. The van der Waals surface area contributed by atoms with Crippen molar-refractivity contribution >= 4 is 33.8 Å². The summed E-state index contributed by atoms with van der Waals surface area (Å²) in [5, 5.41) is 15.8. The molecule has 23 heavy (non-hydrogen) atoms. The molecule has 2 N–H and O–H groups in total. The highest BCUT2D eigenvalue weighted by Crippen LogP contribution is 2.13. The molecule has 0 atom stereocenters. The fourth-order valence-electron chi connectivity index (χ4n) is 1.81. The Morgan fingerprint density at radius 3 is 2.65 bits per heavy atom. The second-order valence-corrected chi connectivity index (χ2v) is 5.34. The van der Waals surface area contributed by atoms with Crippen LogP contribution in [-0.2, 0) is 0 Å². The van der Waals surface area contributed by atoms with E-state index in [0.717, 1.165) is 10.7 Å². The van der Waals surface area contributed by atoms with Crippen LogP contribution in [0.1, 0.15) is 15.9 Å². The number of halogens is 1. The molecule has 118 valence electrons. The number of carbonyl (C=O) groups excluding carboxylic acids is 1. The van der Waals surface area contributed by atoms with Gasteiger partial charge in [0.1, 0.15) is 11.5 Å². The molecule has 0 aromatic heterocycles. The van der Waals surface area contributed by atoms with E-state index in [1.165, 1.54) is 0 Å². The fourth-order valence-corrected chi connectivity index (χ4v) is 2.21. The normalized spacial score (nSPS) is 11.5. The zero-order valence-electron chi connectivity index (χ0n) is 12.2. The summed E-state index contributed by atoms with van der Waals surface area (Å²) in [5.41, 5.74) is 3.81. The summed E-state index contributed by atoms with van der Waals surface area (Å²) in [6.07, 6.45) is 1.13. The Kier molecular flexibility index (Phi) is 5.87. The number of hydrazone groups is 1. The van der Waals surface area contributed by atoms with Crippen LogP contribution in [0.15, 0.2) is 63.3 Å². The number of nitrogens with one attached hydrogen (secondary N) is 1. The zero-order valence-corrected chi connectivity index (χ0v) is 13.8. The van der Waals surface area contributed by atoms with Gasteiger partial charge in [-0.15, -0.1) is 0 Å².